The second-order valence-corrected chi connectivity index (χ2v) is 8.38. The van der Waals surface area contributed by atoms with Crippen molar-refractivity contribution in [2.75, 3.05) is 6.61 Å². The van der Waals surface area contributed by atoms with E-state index in [-0.39, 0.29) is 35.9 Å². The lowest BCUT2D eigenvalue weighted by Crippen LogP contribution is -2.54. The summed E-state index contributed by atoms with van der Waals surface area (Å²) >= 11 is 5.64. The van der Waals surface area contributed by atoms with E-state index < -0.39 is 17.4 Å². The Kier molecular flexibility index (Phi) is 7.74. The number of rotatable bonds is 7. The summed E-state index contributed by atoms with van der Waals surface area (Å²) in [6.45, 7) is 1.90. The van der Waals surface area contributed by atoms with Crippen LogP contribution < -0.4 is 15.4 Å². The molecule has 0 aromatic heterocycles. The molecule has 3 rings (SSSR count). The molecule has 1 aliphatic rings. The van der Waals surface area contributed by atoms with E-state index in [1.165, 1.54) is 12.1 Å². The number of carbonyl (C=O) groups excluding carboxylic acids is 2. The largest absolute Gasteiger partial charge is 0.484 e. The molecule has 6 nitrogen and oxygen atoms in total. The highest BCUT2D eigenvalue weighted by Crippen LogP contribution is 2.28. The number of ether oxygens (including phenoxy) is 2. The number of carbonyl (C=O) groups is 2. The van der Waals surface area contributed by atoms with Gasteiger partial charge in [0.25, 0.3) is 5.91 Å². The van der Waals surface area contributed by atoms with Crippen LogP contribution in [-0.2, 0) is 16.1 Å². The Hall–Kier alpha value is -2.80. The minimum atomic E-state index is -0.605. The molecule has 2 aromatic rings. The highest BCUT2D eigenvalue weighted by atomic mass is 35.5. The van der Waals surface area contributed by atoms with Gasteiger partial charge >= 0.3 is 6.09 Å². The lowest BCUT2D eigenvalue weighted by Gasteiger charge is -2.38. The summed E-state index contributed by atoms with van der Waals surface area (Å²) in [5, 5.41) is 5.86. The number of nitrogens with one attached hydrogen (secondary N) is 2. The standard InChI is InChI=1S/C23H26ClFN2O4/c1-23(27-21(28)15-30-18-9-10-19(24)20(25)12-18)11-5-8-17(13-23)26-22(29)31-14-16-6-3-2-4-7-16/h2-4,6-7,9-10,12,17H,5,8,11,13-15H2,1H3,(H,26,29)(H,27,28). The third-order valence-electron chi connectivity index (χ3n) is 5.21. The van der Waals surface area contributed by atoms with Crippen molar-refractivity contribution in [2.45, 2.75) is 50.8 Å². The molecule has 8 heteroatoms. The minimum absolute atomic E-state index is 0.00708. The summed E-state index contributed by atoms with van der Waals surface area (Å²) in [4.78, 5) is 24.5. The van der Waals surface area contributed by atoms with Crippen LogP contribution in [-0.4, -0.2) is 30.2 Å². The molecule has 2 aromatic carbocycles. The van der Waals surface area contributed by atoms with Crippen molar-refractivity contribution < 1.29 is 23.5 Å². The fraction of sp³-hybridized carbons (Fsp3) is 0.391. The van der Waals surface area contributed by atoms with Crippen LogP contribution in [0.4, 0.5) is 9.18 Å². The monoisotopic (exact) mass is 448 g/mol. The Bertz CT molecular complexity index is 912. The normalized spacial score (nSPS) is 20.5. The van der Waals surface area contributed by atoms with Gasteiger partial charge in [0.05, 0.1) is 5.02 Å². The van der Waals surface area contributed by atoms with E-state index in [9.17, 15) is 14.0 Å². The van der Waals surface area contributed by atoms with Crippen LogP contribution in [0.3, 0.4) is 0 Å². The first-order chi connectivity index (χ1) is 14.8. The van der Waals surface area contributed by atoms with Gasteiger partial charge in [-0.3, -0.25) is 4.79 Å². The zero-order valence-corrected chi connectivity index (χ0v) is 18.1. The fourth-order valence-electron chi connectivity index (χ4n) is 3.74. The molecule has 1 fully saturated rings. The lowest BCUT2D eigenvalue weighted by atomic mass is 9.80. The number of benzene rings is 2. The first-order valence-electron chi connectivity index (χ1n) is 10.2. The maximum atomic E-state index is 13.5. The maximum Gasteiger partial charge on any atom is 0.407 e. The average molecular weight is 449 g/mol. The molecular weight excluding hydrogens is 423 g/mol. The molecule has 0 bridgehead atoms. The second-order valence-electron chi connectivity index (χ2n) is 7.97. The molecule has 166 valence electrons. The van der Waals surface area contributed by atoms with Crippen LogP contribution in [0.25, 0.3) is 0 Å². The van der Waals surface area contributed by atoms with Crippen LogP contribution in [0.1, 0.15) is 38.2 Å². The van der Waals surface area contributed by atoms with Crippen LogP contribution in [0, 0.1) is 5.82 Å². The van der Waals surface area contributed by atoms with Crippen molar-refractivity contribution in [3.8, 4) is 5.75 Å². The molecular formula is C23H26ClFN2O4. The van der Waals surface area contributed by atoms with Gasteiger partial charge in [0.2, 0.25) is 0 Å². The van der Waals surface area contributed by atoms with Crippen LogP contribution in [0.2, 0.25) is 5.02 Å². The van der Waals surface area contributed by atoms with E-state index >= 15 is 0 Å². The molecule has 2 amide bonds. The van der Waals surface area contributed by atoms with Crippen molar-refractivity contribution in [1.29, 1.82) is 0 Å². The molecule has 0 spiro atoms. The van der Waals surface area contributed by atoms with E-state index in [0.717, 1.165) is 30.9 Å². The predicted octanol–water partition coefficient (Wildman–Crippen LogP) is 4.60. The lowest BCUT2D eigenvalue weighted by molar-refractivity contribution is -0.125. The molecule has 2 unspecified atom stereocenters. The van der Waals surface area contributed by atoms with E-state index in [0.29, 0.717) is 6.42 Å². The van der Waals surface area contributed by atoms with Crippen molar-refractivity contribution in [1.82, 2.24) is 10.6 Å². The fourth-order valence-corrected chi connectivity index (χ4v) is 3.86. The first kappa shape index (κ1) is 22.9. The molecule has 2 N–H and O–H groups in total. The van der Waals surface area contributed by atoms with Gasteiger partial charge in [0.1, 0.15) is 18.2 Å². The van der Waals surface area contributed by atoms with Crippen LogP contribution >= 0.6 is 11.6 Å². The Labute approximate surface area is 186 Å². The van der Waals surface area contributed by atoms with E-state index in [2.05, 4.69) is 10.6 Å². The smallest absolute Gasteiger partial charge is 0.407 e. The Morgan fingerprint density at radius 3 is 2.74 bits per heavy atom. The van der Waals surface area contributed by atoms with Gasteiger partial charge in [-0.25, -0.2) is 9.18 Å². The average Bonchev–Trinajstić information content (AvgIpc) is 2.73. The van der Waals surface area contributed by atoms with E-state index in [1.54, 1.807) is 0 Å². The summed E-state index contributed by atoms with van der Waals surface area (Å²) in [7, 11) is 0. The number of amides is 2. The molecule has 0 heterocycles. The van der Waals surface area contributed by atoms with Crippen molar-refractivity contribution in [3.05, 3.63) is 64.9 Å². The third kappa shape index (κ3) is 7.14. The molecule has 2 atom stereocenters. The second kappa shape index (κ2) is 10.5. The van der Waals surface area contributed by atoms with Gasteiger partial charge in [-0.1, -0.05) is 41.9 Å². The van der Waals surface area contributed by atoms with Crippen molar-refractivity contribution in [3.63, 3.8) is 0 Å². The third-order valence-corrected chi connectivity index (χ3v) is 5.52. The molecule has 1 aliphatic carbocycles. The summed E-state index contributed by atoms with van der Waals surface area (Å²) < 4.78 is 24.1. The first-order valence-corrected chi connectivity index (χ1v) is 10.6. The predicted molar refractivity (Wildman–Crippen MR) is 115 cm³/mol. The van der Waals surface area contributed by atoms with E-state index in [1.807, 2.05) is 37.3 Å². The van der Waals surface area contributed by atoms with E-state index in [4.69, 9.17) is 21.1 Å². The summed E-state index contributed by atoms with van der Waals surface area (Å²) in [5.41, 5.74) is 0.431. The number of halogens is 2. The van der Waals surface area contributed by atoms with Gasteiger partial charge in [0.15, 0.2) is 6.61 Å². The summed E-state index contributed by atoms with van der Waals surface area (Å²) in [6.07, 6.45) is 2.55. The maximum absolute atomic E-state index is 13.5. The zero-order chi connectivity index (χ0) is 22.3. The quantitative estimate of drug-likeness (QED) is 0.649. The van der Waals surface area contributed by atoms with Gasteiger partial charge < -0.3 is 20.1 Å². The highest BCUT2D eigenvalue weighted by Gasteiger charge is 2.34. The number of alkyl carbamates (subject to hydrolysis) is 1. The summed E-state index contributed by atoms with van der Waals surface area (Å²) in [5.74, 6) is -0.691. The molecule has 0 radical (unpaired) electrons. The van der Waals surface area contributed by atoms with Crippen molar-refractivity contribution in [2.24, 2.45) is 0 Å². The van der Waals surface area contributed by atoms with Gasteiger partial charge in [-0.05, 0) is 50.3 Å². The molecule has 0 saturated heterocycles. The van der Waals surface area contributed by atoms with Gasteiger partial charge in [0, 0.05) is 17.6 Å². The zero-order valence-electron chi connectivity index (χ0n) is 17.3. The Balaban J connectivity index is 1.44. The topological polar surface area (TPSA) is 76.7 Å². The van der Waals surface area contributed by atoms with Gasteiger partial charge in [-0.15, -0.1) is 0 Å². The Morgan fingerprint density at radius 2 is 2.00 bits per heavy atom. The van der Waals surface area contributed by atoms with Crippen LogP contribution in [0.5, 0.6) is 5.75 Å². The van der Waals surface area contributed by atoms with Gasteiger partial charge in [-0.2, -0.15) is 0 Å². The minimum Gasteiger partial charge on any atom is -0.484 e. The highest BCUT2D eigenvalue weighted by molar-refractivity contribution is 6.30. The molecule has 0 aliphatic heterocycles. The van der Waals surface area contributed by atoms with Crippen molar-refractivity contribution >= 4 is 23.6 Å². The van der Waals surface area contributed by atoms with Crippen LogP contribution in [0.15, 0.2) is 48.5 Å². The number of hydrogen-bond acceptors (Lipinski definition) is 4. The SMILES string of the molecule is CC1(NC(=O)COc2ccc(Cl)c(F)c2)CCCC(NC(=O)OCc2ccccc2)C1. The number of hydrogen-bond donors (Lipinski definition) is 2. The summed E-state index contributed by atoms with van der Waals surface area (Å²) in [6, 6.07) is 13.4. The Morgan fingerprint density at radius 1 is 1.23 bits per heavy atom. The molecule has 1 saturated carbocycles. The molecule has 31 heavy (non-hydrogen) atoms.